The van der Waals surface area contributed by atoms with E-state index in [0.717, 1.165) is 16.2 Å². The van der Waals surface area contributed by atoms with E-state index in [0.29, 0.717) is 17.1 Å². The molecule has 0 spiro atoms. The summed E-state index contributed by atoms with van der Waals surface area (Å²) in [4.78, 5) is 1.30. The SMILES string of the molecule is CSc1ccc(CNS(=O)(=O)c2c(-c3nnc(C)o3)c(C)n(C)c2C)cc1. The van der Waals surface area contributed by atoms with Gasteiger partial charge in [0.15, 0.2) is 0 Å². The van der Waals surface area contributed by atoms with Gasteiger partial charge in [0.05, 0.1) is 5.56 Å². The molecule has 0 saturated heterocycles. The molecular weight excluding hydrogens is 384 g/mol. The molecule has 9 heteroatoms. The number of sulfonamides is 1. The van der Waals surface area contributed by atoms with Crippen LogP contribution in [0.1, 0.15) is 22.8 Å². The fourth-order valence-corrected chi connectivity index (χ4v) is 4.83. The van der Waals surface area contributed by atoms with Gasteiger partial charge in [0.1, 0.15) is 4.90 Å². The molecule has 0 unspecified atom stereocenters. The quantitative estimate of drug-likeness (QED) is 0.632. The van der Waals surface area contributed by atoms with Gasteiger partial charge in [-0.15, -0.1) is 22.0 Å². The van der Waals surface area contributed by atoms with Crippen LogP contribution >= 0.6 is 11.8 Å². The van der Waals surface area contributed by atoms with Crippen LogP contribution in [-0.4, -0.2) is 29.4 Å². The van der Waals surface area contributed by atoms with Crippen molar-refractivity contribution >= 4 is 21.8 Å². The summed E-state index contributed by atoms with van der Waals surface area (Å²) < 4.78 is 36.2. The van der Waals surface area contributed by atoms with Gasteiger partial charge in [0.25, 0.3) is 5.89 Å². The van der Waals surface area contributed by atoms with Gasteiger partial charge in [0, 0.05) is 36.8 Å². The number of aromatic nitrogens is 3. The highest BCUT2D eigenvalue weighted by Gasteiger charge is 2.30. The first-order valence-corrected chi connectivity index (χ1v) is 11.0. The summed E-state index contributed by atoms with van der Waals surface area (Å²) in [5, 5.41) is 7.85. The fourth-order valence-electron chi connectivity index (χ4n) is 2.89. The maximum Gasteiger partial charge on any atom is 0.250 e. The van der Waals surface area contributed by atoms with Crippen LogP contribution in [0.25, 0.3) is 11.5 Å². The van der Waals surface area contributed by atoms with Gasteiger partial charge in [-0.2, -0.15) is 0 Å². The second kappa shape index (κ2) is 7.49. The maximum absolute atomic E-state index is 13.1. The monoisotopic (exact) mass is 406 g/mol. The Labute approximate surface area is 163 Å². The first-order valence-electron chi connectivity index (χ1n) is 8.33. The van der Waals surface area contributed by atoms with Crippen LogP contribution in [0, 0.1) is 20.8 Å². The third-order valence-corrected chi connectivity index (χ3v) is 6.86. The molecule has 0 aliphatic carbocycles. The summed E-state index contributed by atoms with van der Waals surface area (Å²) in [6.45, 7) is 5.47. The second-order valence-corrected chi connectivity index (χ2v) is 8.82. The lowest BCUT2D eigenvalue weighted by Gasteiger charge is -2.09. The lowest BCUT2D eigenvalue weighted by Crippen LogP contribution is -2.24. The molecule has 0 atom stereocenters. The van der Waals surface area contributed by atoms with E-state index in [1.165, 1.54) is 0 Å². The highest BCUT2D eigenvalue weighted by molar-refractivity contribution is 7.98. The van der Waals surface area contributed by atoms with Crippen LogP contribution < -0.4 is 4.72 Å². The van der Waals surface area contributed by atoms with Crippen LogP contribution in [0.2, 0.25) is 0 Å². The van der Waals surface area contributed by atoms with Crippen molar-refractivity contribution in [1.29, 1.82) is 0 Å². The van der Waals surface area contributed by atoms with Gasteiger partial charge in [-0.25, -0.2) is 13.1 Å². The Morgan fingerprint density at radius 2 is 1.78 bits per heavy atom. The van der Waals surface area contributed by atoms with Crippen LogP contribution in [0.5, 0.6) is 0 Å². The predicted molar refractivity (Wildman–Crippen MR) is 105 cm³/mol. The van der Waals surface area contributed by atoms with Gasteiger partial charge in [0.2, 0.25) is 15.9 Å². The van der Waals surface area contributed by atoms with Crippen molar-refractivity contribution < 1.29 is 12.8 Å². The molecule has 0 aliphatic rings. The van der Waals surface area contributed by atoms with Gasteiger partial charge in [-0.3, -0.25) is 0 Å². The number of hydrogen-bond donors (Lipinski definition) is 1. The van der Waals surface area contributed by atoms with Gasteiger partial charge in [-0.05, 0) is 37.8 Å². The molecule has 3 rings (SSSR count). The fraction of sp³-hybridized carbons (Fsp3) is 0.333. The van der Waals surface area contributed by atoms with Crippen molar-refractivity contribution in [3.63, 3.8) is 0 Å². The minimum atomic E-state index is -3.78. The second-order valence-electron chi connectivity index (χ2n) is 6.23. The lowest BCUT2D eigenvalue weighted by molar-refractivity contribution is 0.530. The van der Waals surface area contributed by atoms with Gasteiger partial charge >= 0.3 is 0 Å². The Morgan fingerprint density at radius 1 is 1.11 bits per heavy atom. The summed E-state index contributed by atoms with van der Waals surface area (Å²) in [7, 11) is -1.96. The number of nitrogens with zero attached hydrogens (tertiary/aromatic N) is 3. The van der Waals surface area contributed by atoms with E-state index in [4.69, 9.17) is 4.42 Å². The van der Waals surface area contributed by atoms with E-state index < -0.39 is 10.0 Å². The standard InChI is InChI=1S/C18H22N4O3S2/c1-11-16(18-21-20-13(3)25-18)17(12(2)22(11)4)27(23,24)19-10-14-6-8-15(26-5)9-7-14/h6-9,19H,10H2,1-5H3. The third-order valence-electron chi connectivity index (χ3n) is 4.56. The van der Waals surface area contributed by atoms with E-state index in [9.17, 15) is 8.42 Å². The Kier molecular flexibility index (Phi) is 5.45. The summed E-state index contributed by atoms with van der Waals surface area (Å²) in [6.07, 6.45) is 2.00. The van der Waals surface area contributed by atoms with Crippen LogP contribution in [-0.2, 0) is 23.6 Å². The topological polar surface area (TPSA) is 90.0 Å². The normalized spacial score (nSPS) is 11.9. The molecule has 1 N–H and O–H groups in total. The number of benzene rings is 1. The highest BCUT2D eigenvalue weighted by Crippen LogP contribution is 2.34. The molecule has 0 bridgehead atoms. The molecule has 0 aliphatic heterocycles. The molecule has 0 fully saturated rings. The van der Waals surface area contributed by atoms with Crippen molar-refractivity contribution in [3.05, 3.63) is 47.1 Å². The maximum atomic E-state index is 13.1. The third kappa shape index (κ3) is 3.80. The summed E-state index contributed by atoms with van der Waals surface area (Å²) in [5.74, 6) is 0.592. The zero-order valence-electron chi connectivity index (χ0n) is 15.9. The zero-order chi connectivity index (χ0) is 19.8. The van der Waals surface area contributed by atoms with E-state index >= 15 is 0 Å². The predicted octanol–water partition coefficient (Wildman–Crippen LogP) is 3.20. The van der Waals surface area contributed by atoms with Crippen molar-refractivity contribution in [2.75, 3.05) is 6.26 Å². The largest absolute Gasteiger partial charge is 0.421 e. The van der Waals surface area contributed by atoms with E-state index in [2.05, 4.69) is 14.9 Å². The molecule has 3 aromatic rings. The minimum absolute atomic E-state index is 0.173. The van der Waals surface area contributed by atoms with E-state index in [1.54, 1.807) is 25.6 Å². The van der Waals surface area contributed by atoms with Crippen molar-refractivity contribution in [1.82, 2.24) is 19.5 Å². The Morgan fingerprint density at radius 3 is 2.33 bits per heavy atom. The molecule has 0 saturated carbocycles. The molecular formula is C18H22N4O3S2. The summed E-state index contributed by atoms with van der Waals surface area (Å²) in [6, 6.07) is 7.77. The molecule has 0 amide bonds. The average molecular weight is 407 g/mol. The Bertz CT molecular complexity index is 1070. The molecule has 27 heavy (non-hydrogen) atoms. The first kappa shape index (κ1) is 19.7. The van der Waals surface area contributed by atoms with E-state index in [1.807, 2.05) is 49.1 Å². The number of thioether (sulfide) groups is 1. The van der Waals surface area contributed by atoms with Crippen LogP contribution in [0.4, 0.5) is 0 Å². The van der Waals surface area contributed by atoms with E-state index in [-0.39, 0.29) is 17.3 Å². The molecule has 2 aromatic heterocycles. The Balaban J connectivity index is 1.97. The number of nitrogens with one attached hydrogen (secondary N) is 1. The number of aryl methyl sites for hydroxylation is 1. The average Bonchev–Trinajstić information content (AvgIpc) is 3.17. The molecule has 1 aromatic carbocycles. The molecule has 7 nitrogen and oxygen atoms in total. The van der Waals surface area contributed by atoms with Gasteiger partial charge in [-0.1, -0.05) is 12.1 Å². The first-order chi connectivity index (χ1) is 12.7. The Hall–Kier alpha value is -2.10. The lowest BCUT2D eigenvalue weighted by atomic mass is 10.2. The zero-order valence-corrected chi connectivity index (χ0v) is 17.5. The smallest absolute Gasteiger partial charge is 0.250 e. The van der Waals surface area contributed by atoms with Crippen LogP contribution in [0.15, 0.2) is 38.5 Å². The van der Waals surface area contributed by atoms with Crippen LogP contribution in [0.3, 0.4) is 0 Å². The number of hydrogen-bond acceptors (Lipinski definition) is 6. The van der Waals surface area contributed by atoms with Crippen molar-refractivity contribution in [2.24, 2.45) is 7.05 Å². The highest BCUT2D eigenvalue weighted by atomic mass is 32.2. The minimum Gasteiger partial charge on any atom is -0.421 e. The summed E-state index contributed by atoms with van der Waals surface area (Å²) in [5.41, 5.74) is 2.70. The van der Waals surface area contributed by atoms with Crippen molar-refractivity contribution in [3.8, 4) is 11.5 Å². The summed E-state index contributed by atoms with van der Waals surface area (Å²) >= 11 is 1.64. The molecule has 144 valence electrons. The van der Waals surface area contributed by atoms with Gasteiger partial charge < -0.3 is 8.98 Å². The number of rotatable bonds is 6. The molecule has 2 heterocycles. The molecule has 0 radical (unpaired) electrons. The van der Waals surface area contributed by atoms with Crippen molar-refractivity contribution in [2.45, 2.75) is 37.1 Å².